The van der Waals surface area contributed by atoms with Gasteiger partial charge in [-0.2, -0.15) is 0 Å². The van der Waals surface area contributed by atoms with Crippen molar-refractivity contribution in [2.45, 2.75) is 71.0 Å². The number of amides is 1. The third-order valence-electron chi connectivity index (χ3n) is 5.96. The summed E-state index contributed by atoms with van der Waals surface area (Å²) in [5, 5.41) is 13.5. The summed E-state index contributed by atoms with van der Waals surface area (Å²) >= 11 is 0. The molecule has 0 radical (unpaired) electrons. The highest BCUT2D eigenvalue weighted by Gasteiger charge is 2.38. The first kappa shape index (κ1) is 25.7. The molecule has 0 aromatic heterocycles. The first-order valence-corrected chi connectivity index (χ1v) is 13.9. The molecule has 0 aliphatic heterocycles. The van der Waals surface area contributed by atoms with E-state index in [0.717, 1.165) is 16.9 Å². The zero-order chi connectivity index (χ0) is 23.9. The summed E-state index contributed by atoms with van der Waals surface area (Å²) in [5.41, 5.74) is 2.45. The van der Waals surface area contributed by atoms with E-state index < -0.39 is 26.6 Å². The number of nitrogens with one attached hydrogen (secondary N) is 1. The lowest BCUT2D eigenvalue weighted by atomic mass is 9.97. The van der Waals surface area contributed by atoms with E-state index in [2.05, 4.69) is 45.8 Å². The molecule has 0 fully saturated rings. The Morgan fingerprint density at radius 2 is 1.66 bits per heavy atom. The Bertz CT molecular complexity index is 888. The average molecular weight is 456 g/mol. The van der Waals surface area contributed by atoms with Crippen molar-refractivity contribution in [1.82, 2.24) is 5.32 Å². The molecule has 2 N–H and O–H groups in total. The number of aliphatic hydroxyl groups is 1. The second-order valence-corrected chi connectivity index (χ2v) is 14.5. The van der Waals surface area contributed by atoms with Crippen molar-refractivity contribution in [1.29, 1.82) is 0 Å². The molecule has 32 heavy (non-hydrogen) atoms. The standard InChI is InChI=1S/C26H37NO4Si/c1-19(2)24(28)23(27-25(29)30-18-21-11-9-8-10-12-21)17-20-13-15-22(16-14-20)31-32(6,7)26(3,4)5/h8-16,23-24,28H,1,17-18H2,2-7H3,(H,27,29)/t23?,24-/m1/s1. The largest absolute Gasteiger partial charge is 0.544 e. The Balaban J connectivity index is 2.03. The molecule has 1 unspecified atom stereocenters. The Hall–Kier alpha value is -2.57. The lowest BCUT2D eigenvalue weighted by Crippen LogP contribution is -2.45. The molecule has 0 spiro atoms. The molecule has 0 saturated carbocycles. The fourth-order valence-electron chi connectivity index (χ4n) is 2.90. The molecule has 0 bridgehead atoms. The maximum Gasteiger partial charge on any atom is 0.407 e. The van der Waals surface area contributed by atoms with Gasteiger partial charge in [0.15, 0.2) is 0 Å². The van der Waals surface area contributed by atoms with Crippen LogP contribution in [0.3, 0.4) is 0 Å². The third kappa shape index (κ3) is 7.53. The van der Waals surface area contributed by atoms with Crippen LogP contribution in [-0.2, 0) is 17.8 Å². The zero-order valence-electron chi connectivity index (χ0n) is 20.1. The molecule has 0 saturated heterocycles. The van der Waals surface area contributed by atoms with Gasteiger partial charge in [-0.05, 0) is 54.7 Å². The van der Waals surface area contributed by atoms with Gasteiger partial charge < -0.3 is 19.6 Å². The summed E-state index contributed by atoms with van der Waals surface area (Å²) in [5.74, 6) is 0.840. The van der Waals surface area contributed by atoms with Crippen molar-refractivity contribution in [2.24, 2.45) is 0 Å². The minimum absolute atomic E-state index is 0.117. The molecule has 1 amide bonds. The lowest BCUT2D eigenvalue weighted by Gasteiger charge is -2.36. The van der Waals surface area contributed by atoms with Gasteiger partial charge in [-0.3, -0.25) is 0 Å². The van der Waals surface area contributed by atoms with Gasteiger partial charge in [-0.25, -0.2) is 4.79 Å². The van der Waals surface area contributed by atoms with Gasteiger partial charge in [0.1, 0.15) is 12.4 Å². The summed E-state index contributed by atoms with van der Waals surface area (Å²) in [7, 11) is -1.91. The topological polar surface area (TPSA) is 67.8 Å². The first-order chi connectivity index (χ1) is 14.9. The van der Waals surface area contributed by atoms with Crippen LogP contribution >= 0.6 is 0 Å². The molecule has 0 heterocycles. The first-order valence-electron chi connectivity index (χ1n) is 11.0. The second-order valence-electron chi connectivity index (χ2n) is 9.81. The van der Waals surface area contributed by atoms with Crippen molar-refractivity contribution >= 4 is 14.4 Å². The van der Waals surface area contributed by atoms with Crippen molar-refractivity contribution in [3.05, 3.63) is 77.9 Å². The Morgan fingerprint density at radius 1 is 1.06 bits per heavy atom. The van der Waals surface area contributed by atoms with Crippen molar-refractivity contribution in [2.75, 3.05) is 0 Å². The van der Waals surface area contributed by atoms with E-state index in [-0.39, 0.29) is 11.6 Å². The van der Waals surface area contributed by atoms with E-state index in [4.69, 9.17) is 9.16 Å². The number of carbonyl (C=O) groups excluding carboxylic acids is 1. The fraction of sp³-hybridized carbons (Fsp3) is 0.423. The molecule has 5 nitrogen and oxygen atoms in total. The zero-order valence-corrected chi connectivity index (χ0v) is 21.1. The van der Waals surface area contributed by atoms with Crippen molar-refractivity contribution in [3.63, 3.8) is 0 Å². The summed E-state index contributed by atoms with van der Waals surface area (Å²) in [6.45, 7) is 16.8. The Morgan fingerprint density at radius 3 is 2.19 bits per heavy atom. The summed E-state index contributed by atoms with van der Waals surface area (Å²) < 4.78 is 11.7. The summed E-state index contributed by atoms with van der Waals surface area (Å²) in [6, 6.07) is 16.8. The van der Waals surface area contributed by atoms with Gasteiger partial charge in [0, 0.05) is 0 Å². The molecular formula is C26H37NO4Si. The molecule has 6 heteroatoms. The van der Waals surface area contributed by atoms with E-state index in [1.807, 2.05) is 54.6 Å². The van der Waals surface area contributed by atoms with Gasteiger partial charge >= 0.3 is 6.09 Å². The smallest absolute Gasteiger partial charge is 0.407 e. The van der Waals surface area contributed by atoms with E-state index in [1.165, 1.54) is 0 Å². The molecular weight excluding hydrogens is 418 g/mol. The maximum absolute atomic E-state index is 12.4. The number of hydrogen-bond donors (Lipinski definition) is 2. The normalized spacial score (nSPS) is 13.7. The van der Waals surface area contributed by atoms with E-state index in [1.54, 1.807) is 6.92 Å². The van der Waals surface area contributed by atoms with Crippen molar-refractivity contribution < 1.29 is 19.1 Å². The lowest BCUT2D eigenvalue weighted by molar-refractivity contribution is 0.115. The van der Waals surface area contributed by atoms with Crippen LogP contribution < -0.4 is 9.74 Å². The van der Waals surface area contributed by atoms with Crippen LogP contribution in [0.2, 0.25) is 18.1 Å². The van der Waals surface area contributed by atoms with E-state index in [0.29, 0.717) is 12.0 Å². The molecule has 174 valence electrons. The van der Waals surface area contributed by atoms with Crippen LogP contribution in [0.25, 0.3) is 0 Å². The SMILES string of the molecule is C=C(C)[C@@H](O)C(Cc1ccc(O[Si](C)(C)C(C)(C)C)cc1)NC(=O)OCc1ccccc1. The van der Waals surface area contributed by atoms with Gasteiger partial charge in [-0.15, -0.1) is 0 Å². The minimum Gasteiger partial charge on any atom is -0.544 e. The summed E-state index contributed by atoms with van der Waals surface area (Å²) in [4.78, 5) is 12.4. The Kier molecular flexibility index (Phi) is 8.70. The second kappa shape index (κ2) is 10.8. The summed E-state index contributed by atoms with van der Waals surface area (Å²) in [6.07, 6.45) is -1.02. The van der Waals surface area contributed by atoms with Crippen LogP contribution in [0.5, 0.6) is 5.75 Å². The van der Waals surface area contributed by atoms with Crippen molar-refractivity contribution in [3.8, 4) is 5.75 Å². The molecule has 0 aliphatic carbocycles. The quantitative estimate of drug-likeness (QED) is 0.368. The van der Waals surface area contributed by atoms with Crippen LogP contribution in [0, 0.1) is 0 Å². The van der Waals surface area contributed by atoms with Crippen LogP contribution in [0.4, 0.5) is 4.79 Å². The third-order valence-corrected chi connectivity index (χ3v) is 10.3. The molecule has 2 atom stereocenters. The Labute approximate surface area is 193 Å². The van der Waals surface area contributed by atoms with E-state index >= 15 is 0 Å². The van der Waals surface area contributed by atoms with Crippen LogP contribution in [-0.4, -0.2) is 31.7 Å². The predicted molar refractivity (Wildman–Crippen MR) is 132 cm³/mol. The number of benzene rings is 2. The highest BCUT2D eigenvalue weighted by molar-refractivity contribution is 6.74. The monoisotopic (exact) mass is 455 g/mol. The molecule has 2 aromatic carbocycles. The number of aliphatic hydroxyl groups excluding tert-OH is 1. The molecule has 2 aromatic rings. The predicted octanol–water partition coefficient (Wildman–Crippen LogP) is 5.85. The maximum atomic E-state index is 12.4. The van der Waals surface area contributed by atoms with Gasteiger partial charge in [0.2, 0.25) is 8.32 Å². The highest BCUT2D eigenvalue weighted by Crippen LogP contribution is 2.37. The number of alkyl carbamates (subject to hydrolysis) is 1. The van der Waals surface area contributed by atoms with E-state index in [9.17, 15) is 9.90 Å². The molecule has 2 rings (SSSR count). The number of hydrogen-bond acceptors (Lipinski definition) is 4. The fourth-order valence-corrected chi connectivity index (χ4v) is 3.93. The van der Waals surface area contributed by atoms with Gasteiger partial charge in [0.05, 0.1) is 12.1 Å². The minimum atomic E-state index is -1.91. The number of rotatable bonds is 9. The number of ether oxygens (including phenoxy) is 1. The van der Waals surface area contributed by atoms with Gasteiger partial charge in [0.25, 0.3) is 0 Å². The molecule has 0 aliphatic rings. The number of carbonyl (C=O) groups is 1. The average Bonchev–Trinajstić information content (AvgIpc) is 2.72. The van der Waals surface area contributed by atoms with Crippen LogP contribution in [0.15, 0.2) is 66.7 Å². The van der Waals surface area contributed by atoms with Crippen LogP contribution in [0.1, 0.15) is 38.8 Å². The van der Waals surface area contributed by atoms with Gasteiger partial charge in [-0.1, -0.05) is 75.4 Å². The highest BCUT2D eigenvalue weighted by atomic mass is 28.4.